The van der Waals surface area contributed by atoms with Crippen LogP contribution in [0.3, 0.4) is 0 Å². The number of rotatable bonds is 7. The minimum atomic E-state index is -3.59. The van der Waals surface area contributed by atoms with Crippen LogP contribution in [0.5, 0.6) is 0 Å². The van der Waals surface area contributed by atoms with Crippen molar-refractivity contribution in [1.82, 2.24) is 9.71 Å². The molecule has 0 unspecified atom stereocenters. The van der Waals surface area contributed by atoms with Gasteiger partial charge in [0, 0.05) is 12.6 Å². The summed E-state index contributed by atoms with van der Waals surface area (Å²) in [6, 6.07) is 4.26. The first-order valence-corrected chi connectivity index (χ1v) is 7.84. The molecule has 8 heteroatoms. The second-order valence-corrected chi connectivity index (χ2v) is 6.19. The summed E-state index contributed by atoms with van der Waals surface area (Å²) in [5.74, 6) is -0.607. The Balaban J connectivity index is 2.08. The standard InChI is InChI=1S/C12H17N3O4S/c13-6-2-1-3-7-14-20(17,18)9-4-5-10-11(8-9)19-12(16)15-10/h4-5,8,14H,1-3,6-7,13H2,(H,15,16). The van der Waals surface area contributed by atoms with Gasteiger partial charge in [-0.15, -0.1) is 0 Å². The number of unbranched alkanes of at least 4 members (excludes halogenated alkanes) is 2. The molecule has 0 atom stereocenters. The van der Waals surface area contributed by atoms with E-state index in [-0.39, 0.29) is 10.5 Å². The predicted octanol–water partition coefficient (Wildman–Crippen LogP) is 0.528. The largest absolute Gasteiger partial charge is 0.417 e. The smallest absolute Gasteiger partial charge is 0.408 e. The van der Waals surface area contributed by atoms with Crippen LogP contribution in [-0.4, -0.2) is 26.5 Å². The number of hydrogen-bond acceptors (Lipinski definition) is 5. The lowest BCUT2D eigenvalue weighted by Crippen LogP contribution is -2.24. The van der Waals surface area contributed by atoms with E-state index in [9.17, 15) is 13.2 Å². The molecule has 0 bridgehead atoms. The first kappa shape index (κ1) is 14.8. The third kappa shape index (κ3) is 3.47. The van der Waals surface area contributed by atoms with Crippen LogP contribution in [0.4, 0.5) is 0 Å². The van der Waals surface area contributed by atoms with Gasteiger partial charge in [-0.3, -0.25) is 4.98 Å². The van der Waals surface area contributed by atoms with Crippen LogP contribution >= 0.6 is 0 Å². The van der Waals surface area contributed by atoms with Gasteiger partial charge >= 0.3 is 5.76 Å². The fourth-order valence-corrected chi connectivity index (χ4v) is 2.92. The SMILES string of the molecule is NCCCCCNS(=O)(=O)c1ccc2[nH]c(=O)oc2c1. The van der Waals surface area contributed by atoms with Gasteiger partial charge in [-0.05, 0) is 31.5 Å². The summed E-state index contributed by atoms with van der Waals surface area (Å²) in [5, 5.41) is 0. The van der Waals surface area contributed by atoms with Crippen molar-refractivity contribution >= 4 is 21.1 Å². The van der Waals surface area contributed by atoms with E-state index in [1.165, 1.54) is 18.2 Å². The van der Waals surface area contributed by atoms with Crippen LogP contribution in [0.15, 0.2) is 32.3 Å². The van der Waals surface area contributed by atoms with Gasteiger partial charge in [-0.25, -0.2) is 17.9 Å². The Morgan fingerprint density at radius 2 is 2.05 bits per heavy atom. The van der Waals surface area contributed by atoms with Gasteiger partial charge in [0.1, 0.15) is 0 Å². The van der Waals surface area contributed by atoms with E-state index in [1.807, 2.05) is 0 Å². The summed E-state index contributed by atoms with van der Waals surface area (Å²) in [7, 11) is -3.59. The first-order chi connectivity index (χ1) is 9.53. The summed E-state index contributed by atoms with van der Waals surface area (Å²) >= 11 is 0. The molecule has 0 saturated heterocycles. The minimum absolute atomic E-state index is 0.0755. The van der Waals surface area contributed by atoms with E-state index < -0.39 is 15.8 Å². The number of hydrogen-bond donors (Lipinski definition) is 3. The van der Waals surface area contributed by atoms with Crippen LogP contribution in [0.25, 0.3) is 11.1 Å². The summed E-state index contributed by atoms with van der Waals surface area (Å²) in [6.45, 7) is 0.966. The van der Waals surface area contributed by atoms with Gasteiger partial charge in [0.2, 0.25) is 10.0 Å². The van der Waals surface area contributed by atoms with Crippen LogP contribution in [-0.2, 0) is 10.0 Å². The summed E-state index contributed by atoms with van der Waals surface area (Å²) < 4.78 is 31.5. The van der Waals surface area contributed by atoms with Crippen molar-refractivity contribution < 1.29 is 12.8 Å². The van der Waals surface area contributed by atoms with E-state index in [2.05, 4.69) is 9.71 Å². The molecule has 4 N–H and O–H groups in total. The number of nitrogens with one attached hydrogen (secondary N) is 2. The first-order valence-electron chi connectivity index (χ1n) is 6.35. The number of oxazole rings is 1. The normalized spacial score (nSPS) is 12.1. The molecule has 7 nitrogen and oxygen atoms in total. The zero-order chi connectivity index (χ0) is 14.6. The Kier molecular flexibility index (Phi) is 4.58. The van der Waals surface area contributed by atoms with E-state index in [0.29, 0.717) is 18.6 Å². The fourth-order valence-electron chi connectivity index (χ4n) is 1.83. The fraction of sp³-hybridized carbons (Fsp3) is 0.417. The summed E-state index contributed by atoms with van der Waals surface area (Å²) in [4.78, 5) is 13.6. The molecule has 2 rings (SSSR count). The Morgan fingerprint density at radius 3 is 2.80 bits per heavy atom. The number of nitrogens with two attached hydrogens (primary N) is 1. The van der Waals surface area contributed by atoms with E-state index in [1.54, 1.807) is 0 Å². The Bertz CT molecular complexity index is 732. The minimum Gasteiger partial charge on any atom is -0.408 e. The van der Waals surface area contributed by atoms with Crippen LogP contribution in [0.1, 0.15) is 19.3 Å². The van der Waals surface area contributed by atoms with Gasteiger partial charge in [0.25, 0.3) is 0 Å². The molecule has 20 heavy (non-hydrogen) atoms. The molecule has 1 heterocycles. The molecule has 1 aromatic carbocycles. The monoisotopic (exact) mass is 299 g/mol. The molecule has 0 saturated carbocycles. The molecular weight excluding hydrogens is 282 g/mol. The molecule has 0 radical (unpaired) electrons. The lowest BCUT2D eigenvalue weighted by Gasteiger charge is -2.06. The van der Waals surface area contributed by atoms with Gasteiger partial charge in [-0.1, -0.05) is 6.42 Å². The van der Waals surface area contributed by atoms with Crippen LogP contribution in [0, 0.1) is 0 Å². The van der Waals surface area contributed by atoms with Crippen molar-refractivity contribution in [3.8, 4) is 0 Å². The highest BCUT2D eigenvalue weighted by molar-refractivity contribution is 7.89. The van der Waals surface area contributed by atoms with Crippen molar-refractivity contribution in [3.63, 3.8) is 0 Å². The van der Waals surface area contributed by atoms with E-state index in [4.69, 9.17) is 10.2 Å². The lowest BCUT2D eigenvalue weighted by atomic mass is 10.2. The highest BCUT2D eigenvalue weighted by Crippen LogP contribution is 2.16. The number of H-pyrrole nitrogens is 1. The maximum Gasteiger partial charge on any atom is 0.417 e. The number of benzene rings is 1. The van der Waals surface area contributed by atoms with Gasteiger partial charge in [0.05, 0.1) is 10.4 Å². The number of aromatic nitrogens is 1. The molecule has 0 spiro atoms. The third-order valence-corrected chi connectivity index (χ3v) is 4.33. The van der Waals surface area contributed by atoms with Crippen LogP contribution in [0.2, 0.25) is 0 Å². The maximum absolute atomic E-state index is 12.0. The third-order valence-electron chi connectivity index (χ3n) is 2.88. The lowest BCUT2D eigenvalue weighted by molar-refractivity contribution is 0.553. The molecule has 2 aromatic rings. The maximum atomic E-state index is 12.0. The van der Waals surface area contributed by atoms with Crippen molar-refractivity contribution in [2.24, 2.45) is 5.73 Å². The quantitative estimate of drug-likeness (QED) is 0.644. The molecule has 0 fully saturated rings. The average molecular weight is 299 g/mol. The molecule has 0 aliphatic carbocycles. The Labute approximate surface area is 116 Å². The predicted molar refractivity (Wildman–Crippen MR) is 74.9 cm³/mol. The highest BCUT2D eigenvalue weighted by Gasteiger charge is 2.15. The molecule has 0 amide bonds. The summed E-state index contributed by atoms with van der Waals surface area (Å²) in [5.41, 5.74) is 6.06. The number of fused-ring (bicyclic) bond motifs is 1. The van der Waals surface area contributed by atoms with Gasteiger partial charge < -0.3 is 10.2 Å². The molecule has 0 aliphatic heterocycles. The van der Waals surface area contributed by atoms with Crippen molar-refractivity contribution in [2.75, 3.05) is 13.1 Å². The molecule has 110 valence electrons. The molecular formula is C12H17N3O4S. The van der Waals surface area contributed by atoms with Crippen molar-refractivity contribution in [2.45, 2.75) is 24.2 Å². The number of aromatic amines is 1. The Hall–Kier alpha value is -1.64. The molecule has 1 aromatic heterocycles. The van der Waals surface area contributed by atoms with E-state index in [0.717, 1.165) is 19.3 Å². The van der Waals surface area contributed by atoms with Gasteiger partial charge in [-0.2, -0.15) is 0 Å². The second kappa shape index (κ2) is 6.21. The average Bonchev–Trinajstić information content (AvgIpc) is 2.77. The molecule has 0 aliphatic rings. The van der Waals surface area contributed by atoms with E-state index >= 15 is 0 Å². The second-order valence-electron chi connectivity index (χ2n) is 4.42. The van der Waals surface area contributed by atoms with Crippen molar-refractivity contribution in [1.29, 1.82) is 0 Å². The summed E-state index contributed by atoms with van der Waals surface area (Å²) in [6.07, 6.45) is 2.49. The highest BCUT2D eigenvalue weighted by atomic mass is 32.2. The van der Waals surface area contributed by atoms with Crippen molar-refractivity contribution in [3.05, 3.63) is 28.7 Å². The zero-order valence-electron chi connectivity index (χ0n) is 10.9. The zero-order valence-corrected chi connectivity index (χ0v) is 11.7. The number of sulfonamides is 1. The van der Waals surface area contributed by atoms with Gasteiger partial charge in [0.15, 0.2) is 5.58 Å². The Morgan fingerprint density at radius 1 is 1.25 bits per heavy atom. The topological polar surface area (TPSA) is 118 Å². The van der Waals surface area contributed by atoms with Crippen LogP contribution < -0.4 is 16.2 Å².